The minimum absolute atomic E-state index is 0.316. The standard InChI is InChI=1S/C48H34N2/c1-5-15-33(16-6-1)35-27-29-43-41(31-35)47-39(23-13-25-45(47)49(43)37-19-9-3-10-20-37)40-24-14-26-46-48(40)42-32-36(34-17-7-2-8-18-34)28-30-44(42)50(46)38-21-11-4-12-22-38/h1-31,36H,32H2. The van der Waals surface area contributed by atoms with Crippen LogP contribution in [-0.2, 0) is 6.42 Å². The second-order valence-corrected chi connectivity index (χ2v) is 13.3. The number of para-hydroxylation sites is 2. The van der Waals surface area contributed by atoms with Gasteiger partial charge in [0.1, 0.15) is 0 Å². The van der Waals surface area contributed by atoms with Gasteiger partial charge < -0.3 is 9.13 Å². The number of hydrogen-bond acceptors (Lipinski definition) is 0. The number of rotatable bonds is 5. The number of hydrogen-bond donors (Lipinski definition) is 0. The van der Waals surface area contributed by atoms with Crippen LogP contribution < -0.4 is 0 Å². The first-order valence-corrected chi connectivity index (χ1v) is 17.5. The van der Waals surface area contributed by atoms with Gasteiger partial charge in [0, 0.05) is 39.1 Å². The molecule has 0 saturated heterocycles. The molecule has 2 heteroatoms. The normalized spacial score (nSPS) is 14.0. The van der Waals surface area contributed by atoms with Gasteiger partial charge in [0.25, 0.3) is 0 Å². The summed E-state index contributed by atoms with van der Waals surface area (Å²) < 4.78 is 4.90. The molecule has 0 bridgehead atoms. The third kappa shape index (κ3) is 4.49. The van der Waals surface area contributed by atoms with Crippen LogP contribution in [0.25, 0.3) is 72.4 Å². The van der Waals surface area contributed by atoms with Gasteiger partial charge in [0.2, 0.25) is 0 Å². The second kappa shape index (κ2) is 11.6. The minimum Gasteiger partial charge on any atom is -0.310 e. The Morgan fingerprint density at radius 3 is 1.70 bits per heavy atom. The SMILES string of the molecule is C1=CC(c2ccccc2)Cc2c1n(-c1ccccc1)c1cccc(-c3cccc4c3c3cc(-c5ccccc5)ccc3n4-c3ccccc3)c21. The summed E-state index contributed by atoms with van der Waals surface area (Å²) >= 11 is 0. The molecule has 50 heavy (non-hydrogen) atoms. The summed E-state index contributed by atoms with van der Waals surface area (Å²) in [5.74, 6) is 0.316. The highest BCUT2D eigenvalue weighted by Crippen LogP contribution is 2.46. The molecule has 0 fully saturated rings. The topological polar surface area (TPSA) is 9.86 Å². The van der Waals surface area contributed by atoms with Gasteiger partial charge in [-0.3, -0.25) is 0 Å². The molecule has 0 spiro atoms. The smallest absolute Gasteiger partial charge is 0.0547 e. The van der Waals surface area contributed by atoms with Crippen LogP contribution in [-0.4, -0.2) is 9.13 Å². The molecule has 0 radical (unpaired) electrons. The average molecular weight is 639 g/mol. The van der Waals surface area contributed by atoms with Crippen molar-refractivity contribution >= 4 is 38.8 Å². The van der Waals surface area contributed by atoms with E-state index in [9.17, 15) is 0 Å². The van der Waals surface area contributed by atoms with E-state index in [1.54, 1.807) is 0 Å². The predicted molar refractivity (Wildman–Crippen MR) is 210 cm³/mol. The van der Waals surface area contributed by atoms with Gasteiger partial charge in [-0.1, -0.05) is 133 Å². The second-order valence-electron chi connectivity index (χ2n) is 13.3. The van der Waals surface area contributed by atoms with Gasteiger partial charge in [0.15, 0.2) is 0 Å². The fraction of sp³-hybridized carbons (Fsp3) is 0.0417. The summed E-state index contributed by atoms with van der Waals surface area (Å²) in [7, 11) is 0. The summed E-state index contributed by atoms with van der Waals surface area (Å²) in [5.41, 5.74) is 15.0. The molecule has 2 aromatic heterocycles. The Balaban J connectivity index is 1.29. The predicted octanol–water partition coefficient (Wildman–Crippen LogP) is 12.4. The number of benzene rings is 7. The van der Waals surface area contributed by atoms with Crippen molar-refractivity contribution in [3.63, 3.8) is 0 Å². The highest BCUT2D eigenvalue weighted by Gasteiger charge is 2.27. The van der Waals surface area contributed by atoms with Crippen molar-refractivity contribution in [2.45, 2.75) is 12.3 Å². The van der Waals surface area contributed by atoms with E-state index in [2.05, 4.69) is 197 Å². The molecule has 236 valence electrons. The first kappa shape index (κ1) is 28.6. The van der Waals surface area contributed by atoms with Gasteiger partial charge >= 0.3 is 0 Å². The van der Waals surface area contributed by atoms with Gasteiger partial charge in [-0.15, -0.1) is 0 Å². The van der Waals surface area contributed by atoms with E-state index >= 15 is 0 Å². The van der Waals surface area contributed by atoms with Crippen LogP contribution in [0.4, 0.5) is 0 Å². The fourth-order valence-electron chi connectivity index (χ4n) is 8.28. The molecule has 7 aromatic carbocycles. The minimum atomic E-state index is 0.316. The summed E-state index contributed by atoms with van der Waals surface area (Å²) in [6.45, 7) is 0. The molecule has 1 aliphatic carbocycles. The fourth-order valence-corrected chi connectivity index (χ4v) is 8.28. The summed E-state index contributed by atoms with van der Waals surface area (Å²) in [6.07, 6.45) is 5.71. The van der Waals surface area contributed by atoms with Crippen LogP contribution in [0.5, 0.6) is 0 Å². The lowest BCUT2D eigenvalue weighted by Crippen LogP contribution is -2.07. The summed E-state index contributed by atoms with van der Waals surface area (Å²) in [6, 6.07) is 64.0. The maximum Gasteiger partial charge on any atom is 0.0547 e. The molecular weight excluding hydrogens is 605 g/mol. The van der Waals surface area contributed by atoms with Crippen molar-refractivity contribution in [2.24, 2.45) is 0 Å². The molecule has 0 aliphatic heterocycles. The zero-order valence-corrected chi connectivity index (χ0v) is 27.6. The first-order valence-electron chi connectivity index (χ1n) is 17.5. The lowest BCUT2D eigenvalue weighted by atomic mass is 9.85. The van der Waals surface area contributed by atoms with Crippen LogP contribution in [0.15, 0.2) is 182 Å². The number of fused-ring (bicyclic) bond motifs is 6. The van der Waals surface area contributed by atoms with Gasteiger partial charge in [-0.2, -0.15) is 0 Å². The van der Waals surface area contributed by atoms with Crippen molar-refractivity contribution < 1.29 is 0 Å². The molecule has 0 amide bonds. The van der Waals surface area contributed by atoms with Crippen LogP contribution in [0.1, 0.15) is 22.7 Å². The van der Waals surface area contributed by atoms with Crippen LogP contribution in [0, 0.1) is 0 Å². The number of allylic oxidation sites excluding steroid dienone is 1. The van der Waals surface area contributed by atoms with E-state index in [-0.39, 0.29) is 0 Å². The molecule has 2 nitrogen and oxygen atoms in total. The quantitative estimate of drug-likeness (QED) is 0.178. The summed E-state index contributed by atoms with van der Waals surface area (Å²) in [5, 5.41) is 3.88. The largest absolute Gasteiger partial charge is 0.310 e. The molecule has 1 aliphatic rings. The number of aromatic nitrogens is 2. The number of nitrogens with zero attached hydrogens (tertiary/aromatic N) is 2. The van der Waals surface area contributed by atoms with Crippen molar-refractivity contribution in [1.82, 2.24) is 9.13 Å². The van der Waals surface area contributed by atoms with Crippen LogP contribution in [0.3, 0.4) is 0 Å². The third-order valence-electron chi connectivity index (χ3n) is 10.5. The van der Waals surface area contributed by atoms with E-state index in [1.165, 1.54) is 83.2 Å². The average Bonchev–Trinajstić information content (AvgIpc) is 3.71. The molecule has 1 unspecified atom stereocenters. The molecule has 0 saturated carbocycles. The monoisotopic (exact) mass is 638 g/mol. The van der Waals surface area contributed by atoms with Crippen molar-refractivity contribution in [2.75, 3.05) is 0 Å². The molecule has 10 rings (SSSR count). The third-order valence-corrected chi connectivity index (χ3v) is 10.5. The molecule has 1 atom stereocenters. The molecule has 2 heterocycles. The van der Waals surface area contributed by atoms with Crippen molar-refractivity contribution in [3.8, 4) is 33.6 Å². The van der Waals surface area contributed by atoms with E-state index in [0.29, 0.717) is 5.92 Å². The van der Waals surface area contributed by atoms with Crippen molar-refractivity contribution in [1.29, 1.82) is 0 Å². The van der Waals surface area contributed by atoms with E-state index in [0.717, 1.165) is 6.42 Å². The Bertz CT molecular complexity index is 2700. The van der Waals surface area contributed by atoms with E-state index < -0.39 is 0 Å². The van der Waals surface area contributed by atoms with Gasteiger partial charge in [-0.25, -0.2) is 0 Å². The maximum atomic E-state index is 2.47. The van der Waals surface area contributed by atoms with E-state index in [1.807, 2.05) is 0 Å². The Labute approximate surface area is 291 Å². The van der Waals surface area contributed by atoms with E-state index in [4.69, 9.17) is 0 Å². The Kier molecular flexibility index (Phi) is 6.67. The molecule has 9 aromatic rings. The van der Waals surface area contributed by atoms with Gasteiger partial charge in [-0.05, 0) is 94.4 Å². The zero-order chi connectivity index (χ0) is 33.0. The van der Waals surface area contributed by atoms with Crippen LogP contribution >= 0.6 is 0 Å². The molecular formula is C48H34N2. The highest BCUT2D eigenvalue weighted by atomic mass is 15.0. The molecule has 0 N–H and O–H groups in total. The maximum absolute atomic E-state index is 2.47. The Morgan fingerprint density at radius 2 is 1.02 bits per heavy atom. The highest BCUT2D eigenvalue weighted by molar-refractivity contribution is 6.19. The lowest BCUT2D eigenvalue weighted by Gasteiger charge is -2.20. The zero-order valence-electron chi connectivity index (χ0n) is 27.6. The Morgan fingerprint density at radius 1 is 0.440 bits per heavy atom. The van der Waals surface area contributed by atoms with Crippen LogP contribution in [0.2, 0.25) is 0 Å². The van der Waals surface area contributed by atoms with Gasteiger partial charge in [0.05, 0.1) is 16.6 Å². The summed E-state index contributed by atoms with van der Waals surface area (Å²) in [4.78, 5) is 0. The first-order chi connectivity index (χ1) is 24.8. The van der Waals surface area contributed by atoms with Crippen molar-refractivity contribution in [3.05, 3.63) is 199 Å². The lowest BCUT2D eigenvalue weighted by molar-refractivity contribution is 0.825. The Hall–Kier alpha value is -6.38.